The number of carbonyl (C=O) groups is 2. The van der Waals surface area contributed by atoms with Crippen LogP contribution in [0.1, 0.15) is 38.9 Å². The smallest absolute Gasteiger partial charge is 0.270 e. The number of carbonyl (C=O) groups excluding carboxylic acids is 2. The second kappa shape index (κ2) is 8.95. The highest BCUT2D eigenvalue weighted by Gasteiger charge is 2.18. The fraction of sp³-hybridized carbons (Fsp3) is 0.174. The van der Waals surface area contributed by atoms with Crippen LogP contribution in [0.25, 0.3) is 0 Å². The molecule has 0 unspecified atom stereocenters. The maximum Gasteiger partial charge on any atom is 0.270 e. The lowest BCUT2D eigenvalue weighted by atomic mass is 10.1. The van der Waals surface area contributed by atoms with Crippen molar-refractivity contribution in [3.05, 3.63) is 95.3 Å². The van der Waals surface area contributed by atoms with Crippen molar-refractivity contribution in [1.29, 1.82) is 0 Å². The van der Waals surface area contributed by atoms with E-state index in [-0.39, 0.29) is 17.5 Å². The molecule has 5 nitrogen and oxygen atoms in total. The molecule has 2 aromatic carbocycles. The molecular formula is C23H23N3O2. The normalized spacial score (nSPS) is 10.4. The Hall–Kier alpha value is -3.47. The lowest BCUT2D eigenvalue weighted by Crippen LogP contribution is -2.31. The van der Waals surface area contributed by atoms with E-state index < -0.39 is 0 Å². The van der Waals surface area contributed by atoms with Crippen LogP contribution in [0, 0.1) is 6.92 Å². The van der Waals surface area contributed by atoms with Crippen LogP contribution in [0.4, 0.5) is 5.69 Å². The van der Waals surface area contributed by atoms with Crippen LogP contribution in [0.3, 0.4) is 0 Å². The van der Waals surface area contributed by atoms with Crippen LogP contribution in [0.5, 0.6) is 0 Å². The number of anilines is 1. The Kier molecular flexibility index (Phi) is 6.17. The van der Waals surface area contributed by atoms with Gasteiger partial charge in [-0.25, -0.2) is 0 Å². The minimum atomic E-state index is -0.308. The molecule has 1 heterocycles. The zero-order chi connectivity index (χ0) is 19.9. The van der Waals surface area contributed by atoms with Crippen molar-refractivity contribution < 1.29 is 9.59 Å². The lowest BCUT2D eigenvalue weighted by molar-refractivity contribution is 0.0946. The summed E-state index contributed by atoms with van der Waals surface area (Å²) in [4.78, 5) is 31.3. The molecule has 0 aliphatic heterocycles. The van der Waals surface area contributed by atoms with Gasteiger partial charge < -0.3 is 10.2 Å². The Morgan fingerprint density at radius 2 is 1.79 bits per heavy atom. The van der Waals surface area contributed by atoms with Crippen LogP contribution in [-0.4, -0.2) is 23.3 Å². The molecule has 3 rings (SSSR count). The van der Waals surface area contributed by atoms with Crippen molar-refractivity contribution in [2.24, 2.45) is 0 Å². The van der Waals surface area contributed by atoms with E-state index in [1.807, 2.05) is 68.4 Å². The number of nitrogens with one attached hydrogen (secondary N) is 1. The van der Waals surface area contributed by atoms with Gasteiger partial charge >= 0.3 is 0 Å². The molecule has 0 aliphatic carbocycles. The first-order valence-corrected chi connectivity index (χ1v) is 9.25. The molecule has 0 radical (unpaired) electrons. The number of hydrogen-bond acceptors (Lipinski definition) is 3. The molecule has 0 saturated heterocycles. The predicted octanol–water partition coefficient (Wildman–Crippen LogP) is 3.99. The van der Waals surface area contributed by atoms with Crippen molar-refractivity contribution in [3.63, 3.8) is 0 Å². The van der Waals surface area contributed by atoms with Gasteiger partial charge in [0.1, 0.15) is 5.69 Å². The molecule has 2 amide bonds. The van der Waals surface area contributed by atoms with Gasteiger partial charge in [-0.1, -0.05) is 42.5 Å². The first kappa shape index (κ1) is 19.3. The van der Waals surface area contributed by atoms with Gasteiger partial charge in [0, 0.05) is 30.5 Å². The molecule has 5 heteroatoms. The number of nitrogens with zero attached hydrogens (tertiary/aromatic N) is 2. The maximum absolute atomic E-state index is 13.0. The van der Waals surface area contributed by atoms with E-state index in [4.69, 9.17) is 0 Å². The van der Waals surface area contributed by atoms with E-state index >= 15 is 0 Å². The molecule has 0 atom stereocenters. The summed E-state index contributed by atoms with van der Waals surface area (Å²) in [7, 11) is 0. The van der Waals surface area contributed by atoms with Gasteiger partial charge in [-0.2, -0.15) is 0 Å². The zero-order valence-electron chi connectivity index (χ0n) is 16.1. The number of hydrogen-bond donors (Lipinski definition) is 1. The summed E-state index contributed by atoms with van der Waals surface area (Å²) in [6.45, 7) is 4.85. The lowest BCUT2D eigenvalue weighted by Gasteiger charge is -2.21. The Morgan fingerprint density at radius 1 is 1.00 bits per heavy atom. The molecule has 1 aromatic heterocycles. The quantitative estimate of drug-likeness (QED) is 0.711. The average molecular weight is 373 g/mol. The van der Waals surface area contributed by atoms with Crippen molar-refractivity contribution in [2.75, 3.05) is 11.4 Å². The minimum absolute atomic E-state index is 0.160. The largest absolute Gasteiger partial charge is 0.347 e. The number of pyridine rings is 1. The molecule has 0 saturated carbocycles. The molecule has 0 aliphatic rings. The van der Waals surface area contributed by atoms with Crippen LogP contribution in [0.2, 0.25) is 0 Å². The van der Waals surface area contributed by atoms with E-state index in [2.05, 4.69) is 10.3 Å². The summed E-state index contributed by atoms with van der Waals surface area (Å²) >= 11 is 0. The highest BCUT2D eigenvalue weighted by Crippen LogP contribution is 2.18. The van der Waals surface area contributed by atoms with E-state index in [1.54, 1.807) is 17.0 Å². The van der Waals surface area contributed by atoms with Crippen molar-refractivity contribution in [1.82, 2.24) is 10.3 Å². The van der Waals surface area contributed by atoms with E-state index in [9.17, 15) is 9.59 Å². The standard InChI is InChI=1S/C23H23N3O2/c1-3-26(20-11-7-8-17(2)14-20)23(28)19-12-13-24-21(15-19)22(27)25-16-18-9-5-4-6-10-18/h4-15H,3,16H2,1-2H3,(H,25,27). The molecule has 0 fully saturated rings. The highest BCUT2D eigenvalue weighted by atomic mass is 16.2. The van der Waals surface area contributed by atoms with Crippen molar-refractivity contribution >= 4 is 17.5 Å². The van der Waals surface area contributed by atoms with E-state index in [0.29, 0.717) is 18.7 Å². The van der Waals surface area contributed by atoms with Gasteiger partial charge in [-0.15, -0.1) is 0 Å². The number of amides is 2. The third kappa shape index (κ3) is 4.62. The van der Waals surface area contributed by atoms with Crippen LogP contribution in [-0.2, 0) is 6.54 Å². The minimum Gasteiger partial charge on any atom is -0.347 e. The number of aromatic nitrogens is 1. The molecule has 0 spiro atoms. The Morgan fingerprint density at radius 3 is 2.50 bits per heavy atom. The van der Waals surface area contributed by atoms with Gasteiger partial charge in [0.05, 0.1) is 0 Å². The van der Waals surface area contributed by atoms with E-state index in [0.717, 1.165) is 16.8 Å². The Bertz CT molecular complexity index is 970. The van der Waals surface area contributed by atoms with Crippen molar-refractivity contribution in [2.45, 2.75) is 20.4 Å². The number of aryl methyl sites for hydroxylation is 1. The summed E-state index contributed by atoms with van der Waals surface area (Å²) in [6, 6.07) is 20.6. The van der Waals surface area contributed by atoms with Crippen molar-refractivity contribution in [3.8, 4) is 0 Å². The summed E-state index contributed by atoms with van der Waals surface area (Å²) < 4.78 is 0. The highest BCUT2D eigenvalue weighted by molar-refractivity contribution is 6.07. The molecule has 3 aromatic rings. The van der Waals surface area contributed by atoms with Gasteiger partial charge in [0.25, 0.3) is 11.8 Å². The van der Waals surface area contributed by atoms with Gasteiger partial charge in [0.2, 0.25) is 0 Å². The van der Waals surface area contributed by atoms with Crippen LogP contribution >= 0.6 is 0 Å². The van der Waals surface area contributed by atoms with Crippen LogP contribution < -0.4 is 10.2 Å². The van der Waals surface area contributed by atoms with Gasteiger partial charge in [-0.3, -0.25) is 14.6 Å². The molecular weight excluding hydrogens is 350 g/mol. The fourth-order valence-electron chi connectivity index (χ4n) is 2.95. The zero-order valence-corrected chi connectivity index (χ0v) is 16.1. The molecule has 28 heavy (non-hydrogen) atoms. The van der Waals surface area contributed by atoms with E-state index in [1.165, 1.54) is 6.20 Å². The summed E-state index contributed by atoms with van der Waals surface area (Å²) in [5, 5.41) is 2.84. The second-order valence-corrected chi connectivity index (χ2v) is 6.49. The SMILES string of the molecule is CCN(C(=O)c1ccnc(C(=O)NCc2ccccc2)c1)c1cccc(C)c1. The summed E-state index contributed by atoms with van der Waals surface area (Å²) in [5.41, 5.74) is 3.57. The second-order valence-electron chi connectivity index (χ2n) is 6.49. The molecule has 0 bridgehead atoms. The number of rotatable bonds is 6. The third-order valence-corrected chi connectivity index (χ3v) is 4.41. The van der Waals surface area contributed by atoms with Crippen LogP contribution in [0.15, 0.2) is 72.9 Å². The Labute approximate surface area is 165 Å². The van der Waals surface area contributed by atoms with Gasteiger partial charge in [-0.05, 0) is 49.2 Å². The van der Waals surface area contributed by atoms with Gasteiger partial charge in [0.15, 0.2) is 0 Å². The molecule has 142 valence electrons. The maximum atomic E-state index is 13.0. The first-order chi connectivity index (χ1) is 13.6. The summed E-state index contributed by atoms with van der Waals surface area (Å²) in [6.07, 6.45) is 1.49. The average Bonchev–Trinajstić information content (AvgIpc) is 2.73. The fourth-order valence-corrected chi connectivity index (χ4v) is 2.95. The monoisotopic (exact) mass is 373 g/mol. The molecule has 1 N–H and O–H groups in total. The Balaban J connectivity index is 1.76. The predicted molar refractivity (Wildman–Crippen MR) is 110 cm³/mol. The topological polar surface area (TPSA) is 62.3 Å². The summed E-state index contributed by atoms with van der Waals surface area (Å²) in [5.74, 6) is -0.468. The third-order valence-electron chi connectivity index (χ3n) is 4.41. The first-order valence-electron chi connectivity index (χ1n) is 9.25. The number of benzene rings is 2.